The summed E-state index contributed by atoms with van der Waals surface area (Å²) < 4.78 is 7.34. The van der Waals surface area contributed by atoms with Gasteiger partial charge in [-0.05, 0) is 52.4 Å². The molecular formula is C14H13BrO2S. The highest BCUT2D eigenvalue weighted by Gasteiger charge is 2.27. The number of Topliss-reactive ketones (excluding diaryl/α,β-unsaturated/α-hetero) is 1. The first-order valence-corrected chi connectivity index (χ1v) is 7.61. The SMILES string of the molecule is COc1cc2cc(C(=O)C3CCC3)sc2cc1Br. The highest BCUT2D eigenvalue weighted by atomic mass is 79.9. The van der Waals surface area contributed by atoms with E-state index in [4.69, 9.17) is 4.74 Å². The zero-order chi connectivity index (χ0) is 12.7. The molecule has 1 saturated carbocycles. The Labute approximate surface area is 118 Å². The van der Waals surface area contributed by atoms with E-state index in [9.17, 15) is 4.79 Å². The van der Waals surface area contributed by atoms with Crippen molar-refractivity contribution in [1.82, 2.24) is 0 Å². The highest BCUT2D eigenvalue weighted by molar-refractivity contribution is 9.10. The maximum Gasteiger partial charge on any atom is 0.175 e. The van der Waals surface area contributed by atoms with Crippen LogP contribution in [0, 0.1) is 5.92 Å². The second-order valence-corrected chi connectivity index (χ2v) is 6.57. The summed E-state index contributed by atoms with van der Waals surface area (Å²) in [5.41, 5.74) is 0. The fourth-order valence-electron chi connectivity index (χ4n) is 2.19. The van der Waals surface area contributed by atoms with E-state index in [1.807, 2.05) is 18.2 Å². The van der Waals surface area contributed by atoms with Crippen LogP contribution in [0.1, 0.15) is 28.9 Å². The van der Waals surface area contributed by atoms with Crippen molar-refractivity contribution < 1.29 is 9.53 Å². The number of benzene rings is 1. The topological polar surface area (TPSA) is 26.3 Å². The zero-order valence-corrected chi connectivity index (χ0v) is 12.4. The minimum Gasteiger partial charge on any atom is -0.496 e. The Hall–Kier alpha value is -0.870. The first kappa shape index (κ1) is 12.2. The molecular weight excluding hydrogens is 312 g/mol. The van der Waals surface area contributed by atoms with Crippen LogP contribution in [0.15, 0.2) is 22.7 Å². The molecule has 0 aliphatic heterocycles. The first-order chi connectivity index (χ1) is 8.69. The van der Waals surface area contributed by atoms with Crippen LogP contribution in [-0.2, 0) is 0 Å². The van der Waals surface area contributed by atoms with E-state index in [0.29, 0.717) is 5.78 Å². The predicted molar refractivity (Wildman–Crippen MR) is 77.7 cm³/mol. The molecule has 0 N–H and O–H groups in total. The Kier molecular flexibility index (Phi) is 3.16. The molecule has 94 valence electrons. The lowest BCUT2D eigenvalue weighted by atomic mass is 9.82. The lowest BCUT2D eigenvalue weighted by Crippen LogP contribution is -2.20. The number of ketones is 1. The molecule has 0 atom stereocenters. The fourth-order valence-corrected chi connectivity index (χ4v) is 3.95. The van der Waals surface area contributed by atoms with Gasteiger partial charge in [0, 0.05) is 10.6 Å². The molecule has 4 heteroatoms. The number of fused-ring (bicyclic) bond motifs is 1. The minimum atomic E-state index is 0.267. The molecule has 0 spiro atoms. The number of carbonyl (C=O) groups is 1. The standard InChI is InChI=1S/C14H13BrO2S/c1-17-11-5-9-6-13(14(16)8-3-2-4-8)18-12(9)7-10(11)15/h5-8H,2-4H2,1H3. The summed E-state index contributed by atoms with van der Waals surface area (Å²) >= 11 is 5.06. The molecule has 0 unspecified atom stereocenters. The third-order valence-corrected chi connectivity index (χ3v) is 5.24. The maximum atomic E-state index is 12.2. The van der Waals surface area contributed by atoms with E-state index < -0.39 is 0 Å². The number of thiophene rings is 1. The number of carbonyl (C=O) groups excluding carboxylic acids is 1. The Morgan fingerprint density at radius 2 is 2.17 bits per heavy atom. The van der Waals surface area contributed by atoms with E-state index in [1.54, 1.807) is 18.4 Å². The van der Waals surface area contributed by atoms with Gasteiger partial charge in [0.15, 0.2) is 5.78 Å². The van der Waals surface area contributed by atoms with Gasteiger partial charge < -0.3 is 4.74 Å². The van der Waals surface area contributed by atoms with Crippen LogP contribution in [0.4, 0.5) is 0 Å². The molecule has 2 nitrogen and oxygen atoms in total. The number of hydrogen-bond donors (Lipinski definition) is 0. The van der Waals surface area contributed by atoms with Crippen molar-refractivity contribution in [3.8, 4) is 5.75 Å². The second kappa shape index (κ2) is 4.67. The molecule has 1 fully saturated rings. The highest BCUT2D eigenvalue weighted by Crippen LogP contribution is 2.37. The van der Waals surface area contributed by atoms with Crippen LogP contribution in [0.5, 0.6) is 5.75 Å². The molecule has 1 heterocycles. The van der Waals surface area contributed by atoms with Crippen LogP contribution in [0.3, 0.4) is 0 Å². The largest absolute Gasteiger partial charge is 0.496 e. The summed E-state index contributed by atoms with van der Waals surface area (Å²) in [6.07, 6.45) is 3.31. The Morgan fingerprint density at radius 3 is 2.78 bits per heavy atom. The molecule has 18 heavy (non-hydrogen) atoms. The smallest absolute Gasteiger partial charge is 0.175 e. The van der Waals surface area contributed by atoms with E-state index in [-0.39, 0.29) is 5.92 Å². The Morgan fingerprint density at radius 1 is 1.39 bits per heavy atom. The van der Waals surface area contributed by atoms with Gasteiger partial charge in [0.05, 0.1) is 16.5 Å². The molecule has 2 aromatic rings. The molecule has 1 aliphatic rings. The second-order valence-electron chi connectivity index (χ2n) is 4.63. The molecule has 3 rings (SSSR count). The number of hydrogen-bond acceptors (Lipinski definition) is 3. The Balaban J connectivity index is 2.02. The van der Waals surface area contributed by atoms with E-state index in [0.717, 1.165) is 38.0 Å². The number of rotatable bonds is 3. The maximum absolute atomic E-state index is 12.2. The van der Waals surface area contributed by atoms with Crippen molar-refractivity contribution in [3.05, 3.63) is 27.5 Å². The predicted octanol–water partition coefficient (Wildman–Crippen LogP) is 4.66. The van der Waals surface area contributed by atoms with Gasteiger partial charge in [-0.25, -0.2) is 0 Å². The monoisotopic (exact) mass is 324 g/mol. The first-order valence-electron chi connectivity index (χ1n) is 6.00. The number of halogens is 1. The van der Waals surface area contributed by atoms with Crippen molar-refractivity contribution in [2.24, 2.45) is 5.92 Å². The van der Waals surface area contributed by atoms with Crippen molar-refractivity contribution in [2.45, 2.75) is 19.3 Å². The van der Waals surface area contributed by atoms with Crippen molar-refractivity contribution in [3.63, 3.8) is 0 Å². The molecule has 0 saturated heterocycles. The van der Waals surface area contributed by atoms with Crippen LogP contribution >= 0.6 is 27.3 Å². The third-order valence-electron chi connectivity index (χ3n) is 3.51. The zero-order valence-electron chi connectivity index (χ0n) is 10.0. The van der Waals surface area contributed by atoms with E-state index >= 15 is 0 Å². The van der Waals surface area contributed by atoms with Gasteiger partial charge in [0.25, 0.3) is 0 Å². The molecule has 1 aliphatic carbocycles. The molecule has 1 aromatic carbocycles. The third kappa shape index (κ3) is 1.97. The fraction of sp³-hybridized carbons (Fsp3) is 0.357. The number of methoxy groups -OCH3 is 1. The molecule has 0 radical (unpaired) electrons. The summed E-state index contributed by atoms with van der Waals surface area (Å²) in [6.45, 7) is 0. The lowest BCUT2D eigenvalue weighted by Gasteiger charge is -2.22. The van der Waals surface area contributed by atoms with Gasteiger partial charge in [-0.3, -0.25) is 4.79 Å². The van der Waals surface area contributed by atoms with Gasteiger partial charge in [0.1, 0.15) is 5.75 Å². The summed E-state index contributed by atoms with van der Waals surface area (Å²) in [5, 5.41) is 1.09. The van der Waals surface area contributed by atoms with E-state index in [2.05, 4.69) is 15.9 Å². The Bertz CT molecular complexity index is 614. The average Bonchev–Trinajstić information content (AvgIpc) is 2.68. The van der Waals surface area contributed by atoms with Crippen molar-refractivity contribution >= 4 is 43.1 Å². The summed E-state index contributed by atoms with van der Waals surface area (Å²) in [4.78, 5) is 13.1. The molecule has 0 bridgehead atoms. The summed E-state index contributed by atoms with van der Waals surface area (Å²) in [6, 6.07) is 6.00. The van der Waals surface area contributed by atoms with Gasteiger partial charge in [0.2, 0.25) is 0 Å². The van der Waals surface area contributed by atoms with Crippen LogP contribution in [-0.4, -0.2) is 12.9 Å². The van der Waals surface area contributed by atoms with Gasteiger partial charge in [-0.1, -0.05) is 6.42 Å². The van der Waals surface area contributed by atoms with E-state index in [1.165, 1.54) is 6.42 Å². The minimum absolute atomic E-state index is 0.267. The van der Waals surface area contributed by atoms with Gasteiger partial charge in [-0.15, -0.1) is 11.3 Å². The lowest BCUT2D eigenvalue weighted by molar-refractivity contribution is 0.0859. The van der Waals surface area contributed by atoms with Crippen molar-refractivity contribution in [2.75, 3.05) is 7.11 Å². The van der Waals surface area contributed by atoms with Crippen LogP contribution in [0.2, 0.25) is 0 Å². The summed E-state index contributed by atoms with van der Waals surface area (Å²) in [5.74, 6) is 1.39. The average molecular weight is 325 g/mol. The van der Waals surface area contributed by atoms with Crippen molar-refractivity contribution in [1.29, 1.82) is 0 Å². The van der Waals surface area contributed by atoms with Gasteiger partial charge in [-0.2, -0.15) is 0 Å². The van der Waals surface area contributed by atoms with Crippen LogP contribution < -0.4 is 4.74 Å². The number of ether oxygens (including phenoxy) is 1. The summed E-state index contributed by atoms with van der Waals surface area (Å²) in [7, 11) is 1.65. The molecule has 0 amide bonds. The van der Waals surface area contributed by atoms with Gasteiger partial charge >= 0.3 is 0 Å². The quantitative estimate of drug-likeness (QED) is 0.768. The molecule has 1 aromatic heterocycles. The normalized spacial score (nSPS) is 15.7. The van der Waals surface area contributed by atoms with Crippen LogP contribution in [0.25, 0.3) is 10.1 Å².